The summed E-state index contributed by atoms with van der Waals surface area (Å²) in [5, 5.41) is 5.56. The number of esters is 1. The van der Waals surface area contributed by atoms with Gasteiger partial charge in [0, 0.05) is 22.3 Å². The minimum absolute atomic E-state index is 0.349. The van der Waals surface area contributed by atoms with Gasteiger partial charge in [-0.05, 0) is 37.9 Å². The Balaban J connectivity index is 1.46. The molecule has 1 fully saturated rings. The van der Waals surface area contributed by atoms with E-state index in [1.807, 2.05) is 30.3 Å². The smallest absolute Gasteiger partial charge is 0.356 e. The number of nitrogens with one attached hydrogen (secondary N) is 2. The zero-order valence-corrected chi connectivity index (χ0v) is 13.5. The van der Waals surface area contributed by atoms with E-state index in [0.29, 0.717) is 18.3 Å². The van der Waals surface area contributed by atoms with Gasteiger partial charge in [0.05, 0.1) is 18.3 Å². The summed E-state index contributed by atoms with van der Waals surface area (Å²) >= 11 is 0. The summed E-state index contributed by atoms with van der Waals surface area (Å²) in [5.41, 5.74) is 2.34. The number of piperidine rings is 1. The number of carbonyl (C=O) groups is 1. The second-order valence-electron chi connectivity index (χ2n) is 6.36. The van der Waals surface area contributed by atoms with Crippen LogP contribution in [0.15, 0.2) is 36.5 Å². The number of hydrogen-bond acceptors (Lipinski definition) is 4. The van der Waals surface area contributed by atoms with Gasteiger partial charge in [-0.1, -0.05) is 24.6 Å². The molecule has 4 rings (SSSR count). The second-order valence-corrected chi connectivity index (χ2v) is 6.36. The van der Waals surface area contributed by atoms with E-state index in [2.05, 4.69) is 15.3 Å². The van der Waals surface area contributed by atoms with Gasteiger partial charge in [-0.3, -0.25) is 0 Å². The third kappa shape index (κ3) is 2.99. The van der Waals surface area contributed by atoms with Crippen molar-refractivity contribution in [3.8, 4) is 0 Å². The minimum atomic E-state index is -0.349. The highest BCUT2D eigenvalue weighted by atomic mass is 16.5. The molecule has 2 N–H and O–H groups in total. The highest BCUT2D eigenvalue weighted by molar-refractivity contribution is 6.08. The summed E-state index contributed by atoms with van der Waals surface area (Å²) in [5.74, 6) is -0.349. The van der Waals surface area contributed by atoms with E-state index in [4.69, 9.17) is 4.74 Å². The number of H-pyrrole nitrogens is 1. The van der Waals surface area contributed by atoms with Crippen LogP contribution in [0, 0.1) is 0 Å². The molecule has 1 aromatic carbocycles. The first-order chi connectivity index (χ1) is 11.8. The van der Waals surface area contributed by atoms with Gasteiger partial charge in [-0.2, -0.15) is 0 Å². The van der Waals surface area contributed by atoms with E-state index in [1.54, 1.807) is 6.20 Å². The number of nitrogens with zero attached hydrogens (tertiary/aromatic N) is 1. The summed E-state index contributed by atoms with van der Waals surface area (Å²) < 4.78 is 5.42. The molecule has 3 aromatic rings. The molecule has 1 aliphatic heterocycles. The van der Waals surface area contributed by atoms with E-state index < -0.39 is 0 Å². The summed E-state index contributed by atoms with van der Waals surface area (Å²) in [6.07, 6.45) is 6.22. The maximum absolute atomic E-state index is 12.3. The van der Waals surface area contributed by atoms with Gasteiger partial charge >= 0.3 is 5.97 Å². The van der Waals surface area contributed by atoms with Gasteiger partial charge in [0.1, 0.15) is 5.69 Å². The number of fused-ring (bicyclic) bond motifs is 3. The number of aromatic amines is 1. The first-order valence-corrected chi connectivity index (χ1v) is 8.58. The first kappa shape index (κ1) is 15.1. The van der Waals surface area contributed by atoms with Crippen molar-refractivity contribution in [1.82, 2.24) is 15.3 Å². The SMILES string of the molecule is O=C(OCC[C@@H]1CCCCN1)c1cc2c(cn1)[nH]c1ccccc12. The summed E-state index contributed by atoms with van der Waals surface area (Å²) in [4.78, 5) is 19.8. The highest BCUT2D eigenvalue weighted by Gasteiger charge is 2.15. The summed E-state index contributed by atoms with van der Waals surface area (Å²) in [6.45, 7) is 1.50. The number of carbonyl (C=O) groups excluding carboxylic acids is 1. The lowest BCUT2D eigenvalue weighted by Gasteiger charge is -2.22. The average Bonchev–Trinajstić information content (AvgIpc) is 3.00. The van der Waals surface area contributed by atoms with Crippen molar-refractivity contribution < 1.29 is 9.53 Å². The molecule has 0 aliphatic carbocycles. The molecule has 24 heavy (non-hydrogen) atoms. The Morgan fingerprint density at radius 2 is 2.12 bits per heavy atom. The monoisotopic (exact) mass is 323 g/mol. The van der Waals surface area contributed by atoms with Crippen molar-refractivity contribution in [3.63, 3.8) is 0 Å². The zero-order valence-electron chi connectivity index (χ0n) is 13.5. The van der Waals surface area contributed by atoms with Gasteiger partial charge in [0.15, 0.2) is 0 Å². The Hall–Kier alpha value is -2.40. The van der Waals surface area contributed by atoms with Gasteiger partial charge in [0.25, 0.3) is 0 Å². The van der Waals surface area contributed by atoms with Gasteiger partial charge in [0.2, 0.25) is 0 Å². The predicted octanol–water partition coefficient (Wildman–Crippen LogP) is 3.41. The van der Waals surface area contributed by atoms with Crippen molar-refractivity contribution in [2.75, 3.05) is 13.2 Å². The van der Waals surface area contributed by atoms with Crippen molar-refractivity contribution in [3.05, 3.63) is 42.2 Å². The number of para-hydroxylation sites is 1. The van der Waals surface area contributed by atoms with Crippen LogP contribution in [-0.2, 0) is 4.74 Å². The Morgan fingerprint density at radius 1 is 1.21 bits per heavy atom. The molecule has 0 bridgehead atoms. The van der Waals surface area contributed by atoms with Crippen LogP contribution in [0.3, 0.4) is 0 Å². The number of hydrogen-bond donors (Lipinski definition) is 2. The number of benzene rings is 1. The fourth-order valence-corrected chi connectivity index (χ4v) is 3.40. The largest absolute Gasteiger partial charge is 0.461 e. The van der Waals surface area contributed by atoms with Gasteiger partial charge in [-0.25, -0.2) is 9.78 Å². The van der Waals surface area contributed by atoms with E-state index >= 15 is 0 Å². The molecular formula is C19H21N3O2. The van der Waals surface area contributed by atoms with Crippen molar-refractivity contribution in [2.45, 2.75) is 31.7 Å². The summed E-state index contributed by atoms with van der Waals surface area (Å²) in [6, 6.07) is 10.3. The fraction of sp³-hybridized carbons (Fsp3) is 0.368. The summed E-state index contributed by atoms with van der Waals surface area (Å²) in [7, 11) is 0. The van der Waals surface area contributed by atoms with Crippen molar-refractivity contribution >= 4 is 27.8 Å². The molecule has 0 unspecified atom stereocenters. The quantitative estimate of drug-likeness (QED) is 0.722. The predicted molar refractivity (Wildman–Crippen MR) is 94.1 cm³/mol. The standard InChI is InChI=1S/C19H21N3O2/c23-19(24-10-8-13-5-3-4-9-20-13)17-11-15-14-6-1-2-7-16(14)22-18(15)12-21-17/h1-2,6-7,11-13,20,22H,3-5,8-10H2/t13-/m0/s1. The Labute approximate surface area is 140 Å². The van der Waals surface area contributed by atoms with Crippen LogP contribution in [0.2, 0.25) is 0 Å². The van der Waals surface area contributed by atoms with Crippen LogP contribution in [-0.4, -0.2) is 35.1 Å². The molecule has 1 saturated heterocycles. The van der Waals surface area contributed by atoms with Crippen molar-refractivity contribution in [1.29, 1.82) is 0 Å². The molecule has 0 spiro atoms. The third-order valence-electron chi connectivity index (χ3n) is 4.71. The molecule has 124 valence electrons. The first-order valence-electron chi connectivity index (χ1n) is 8.58. The third-order valence-corrected chi connectivity index (χ3v) is 4.71. The van der Waals surface area contributed by atoms with Crippen LogP contribution in [0.25, 0.3) is 21.8 Å². The number of rotatable bonds is 4. The van der Waals surface area contributed by atoms with Crippen LogP contribution in [0.1, 0.15) is 36.2 Å². The molecule has 0 amide bonds. The number of aromatic nitrogens is 2. The maximum atomic E-state index is 12.3. The molecule has 2 aromatic heterocycles. The van der Waals surface area contributed by atoms with Crippen molar-refractivity contribution in [2.24, 2.45) is 0 Å². The lowest BCUT2D eigenvalue weighted by molar-refractivity contribution is 0.0479. The molecule has 5 nitrogen and oxygen atoms in total. The minimum Gasteiger partial charge on any atom is -0.461 e. The average molecular weight is 323 g/mol. The number of ether oxygens (including phenoxy) is 1. The molecule has 1 aliphatic rings. The normalized spacial score (nSPS) is 18.1. The maximum Gasteiger partial charge on any atom is 0.356 e. The fourth-order valence-electron chi connectivity index (χ4n) is 3.40. The molecular weight excluding hydrogens is 302 g/mol. The van der Waals surface area contributed by atoms with E-state index in [-0.39, 0.29) is 5.97 Å². The molecule has 0 radical (unpaired) electrons. The van der Waals surface area contributed by atoms with Crippen LogP contribution in [0.4, 0.5) is 0 Å². The van der Waals surface area contributed by atoms with E-state index in [9.17, 15) is 4.79 Å². The number of pyridine rings is 1. The lowest BCUT2D eigenvalue weighted by atomic mass is 10.0. The topological polar surface area (TPSA) is 67.0 Å². The zero-order chi connectivity index (χ0) is 16.4. The van der Waals surface area contributed by atoms with Crippen LogP contribution >= 0.6 is 0 Å². The Morgan fingerprint density at radius 3 is 3.00 bits per heavy atom. The van der Waals surface area contributed by atoms with Crippen LogP contribution < -0.4 is 5.32 Å². The molecule has 3 heterocycles. The lowest BCUT2D eigenvalue weighted by Crippen LogP contribution is -2.35. The molecule has 0 saturated carbocycles. The highest BCUT2D eigenvalue weighted by Crippen LogP contribution is 2.25. The molecule has 1 atom stereocenters. The second kappa shape index (κ2) is 6.61. The van der Waals surface area contributed by atoms with Crippen LogP contribution in [0.5, 0.6) is 0 Å². The van der Waals surface area contributed by atoms with E-state index in [0.717, 1.165) is 41.2 Å². The van der Waals surface area contributed by atoms with Gasteiger partial charge < -0.3 is 15.0 Å². The molecule has 5 heteroatoms. The van der Waals surface area contributed by atoms with Gasteiger partial charge in [-0.15, -0.1) is 0 Å². The Bertz CT molecular complexity index is 865. The van der Waals surface area contributed by atoms with E-state index in [1.165, 1.54) is 12.8 Å². The Kier molecular flexibility index (Phi) is 4.17.